The zero-order valence-electron chi connectivity index (χ0n) is 20.7. The third kappa shape index (κ3) is 5.76. The SMILES string of the molecule is Cc1nc(NCc2ccc(OC(F)F)c(F)c2)nc(NC2C[C@H](CO)[C@@H](O)[C@H]2O)c1-c1nc2ccccc2s1. The van der Waals surface area contributed by atoms with Crippen LogP contribution in [0.1, 0.15) is 17.7 Å². The first-order valence-corrected chi connectivity index (χ1v) is 13.0. The number of aryl methyl sites for hydroxylation is 1. The Labute approximate surface area is 225 Å². The Morgan fingerprint density at radius 1 is 1.10 bits per heavy atom. The van der Waals surface area contributed by atoms with Crippen LogP contribution in [-0.2, 0) is 6.54 Å². The molecular weight excluding hydrogens is 535 g/mol. The molecular formula is C26H26F3N5O4S. The quantitative estimate of drug-likeness (QED) is 0.206. The number of nitrogens with one attached hydrogen (secondary N) is 2. The maximum absolute atomic E-state index is 14.2. The number of aliphatic hydroxyl groups is 3. The molecule has 5 rings (SSSR count). The fourth-order valence-electron chi connectivity index (χ4n) is 4.64. The van der Waals surface area contributed by atoms with Crippen LogP contribution in [0.4, 0.5) is 24.9 Å². The zero-order chi connectivity index (χ0) is 27.7. The standard InChI is InChI=1S/C26H26F3N5O4S/c1-12-20(24-33-16-4-2-3-5-19(16)39-24)23(32-17-9-14(11-35)21(36)22(17)37)34-26(31-12)30-10-13-6-7-18(15(27)8-13)38-25(28)29/h2-8,14,17,21-22,25,35-37H,9-11H2,1H3,(H2,30,31,32,34)/t14-,17?,21-,22+/m1/s1. The fraction of sp³-hybridized carbons (Fsp3) is 0.346. The maximum Gasteiger partial charge on any atom is 0.387 e. The highest BCUT2D eigenvalue weighted by Crippen LogP contribution is 2.38. The lowest BCUT2D eigenvalue weighted by molar-refractivity contribution is -0.0522. The normalized spacial score (nSPS) is 21.0. The van der Waals surface area contributed by atoms with E-state index >= 15 is 0 Å². The van der Waals surface area contributed by atoms with Gasteiger partial charge in [-0.2, -0.15) is 13.8 Å². The van der Waals surface area contributed by atoms with E-state index in [-0.39, 0.29) is 19.1 Å². The summed E-state index contributed by atoms with van der Waals surface area (Å²) in [4.78, 5) is 13.9. The predicted octanol–water partition coefficient (Wildman–Crippen LogP) is 3.93. The molecule has 0 spiro atoms. The summed E-state index contributed by atoms with van der Waals surface area (Å²) in [6.07, 6.45) is -1.91. The molecule has 1 unspecified atom stereocenters. The minimum absolute atomic E-state index is 0.0859. The minimum atomic E-state index is -3.13. The number of alkyl halides is 2. The Morgan fingerprint density at radius 2 is 1.90 bits per heavy atom. The molecule has 39 heavy (non-hydrogen) atoms. The number of aliphatic hydroxyl groups excluding tert-OH is 3. The molecule has 0 aliphatic heterocycles. The molecule has 0 radical (unpaired) electrons. The number of para-hydroxylation sites is 1. The van der Waals surface area contributed by atoms with Crippen LogP contribution in [0, 0.1) is 18.7 Å². The number of fused-ring (bicyclic) bond motifs is 1. The van der Waals surface area contributed by atoms with Crippen LogP contribution in [0.5, 0.6) is 5.75 Å². The van der Waals surface area contributed by atoms with Crippen molar-refractivity contribution in [3.63, 3.8) is 0 Å². The molecule has 5 N–H and O–H groups in total. The number of thiazole rings is 1. The number of aromatic nitrogens is 3. The Bertz CT molecular complexity index is 1440. The number of hydrogen-bond acceptors (Lipinski definition) is 10. The van der Waals surface area contributed by atoms with E-state index in [1.54, 1.807) is 6.92 Å². The van der Waals surface area contributed by atoms with E-state index in [1.165, 1.54) is 17.4 Å². The predicted molar refractivity (Wildman–Crippen MR) is 140 cm³/mol. The Balaban J connectivity index is 1.45. The minimum Gasteiger partial charge on any atom is -0.432 e. The van der Waals surface area contributed by atoms with Gasteiger partial charge in [0.1, 0.15) is 16.9 Å². The van der Waals surface area contributed by atoms with Crippen molar-refractivity contribution in [2.75, 3.05) is 17.2 Å². The molecule has 1 aliphatic carbocycles. The monoisotopic (exact) mass is 561 g/mol. The van der Waals surface area contributed by atoms with Crippen LogP contribution in [0.25, 0.3) is 20.8 Å². The van der Waals surface area contributed by atoms with Gasteiger partial charge in [0.2, 0.25) is 5.95 Å². The van der Waals surface area contributed by atoms with Crippen molar-refractivity contribution in [3.8, 4) is 16.3 Å². The Kier molecular flexibility index (Phi) is 7.84. The van der Waals surface area contributed by atoms with E-state index < -0.39 is 42.3 Å². The summed E-state index contributed by atoms with van der Waals surface area (Å²) in [5.41, 5.74) is 2.45. The van der Waals surface area contributed by atoms with Crippen molar-refractivity contribution in [2.45, 2.75) is 44.8 Å². The largest absolute Gasteiger partial charge is 0.432 e. The van der Waals surface area contributed by atoms with Crippen LogP contribution in [-0.4, -0.2) is 61.7 Å². The van der Waals surface area contributed by atoms with Gasteiger partial charge in [-0.1, -0.05) is 18.2 Å². The number of anilines is 2. The van der Waals surface area contributed by atoms with Gasteiger partial charge in [-0.15, -0.1) is 11.3 Å². The van der Waals surface area contributed by atoms with Crippen LogP contribution in [0.15, 0.2) is 42.5 Å². The third-order valence-electron chi connectivity index (χ3n) is 6.62. The molecule has 2 heterocycles. The van der Waals surface area contributed by atoms with E-state index in [0.29, 0.717) is 34.1 Å². The second kappa shape index (κ2) is 11.3. The summed E-state index contributed by atoms with van der Waals surface area (Å²) < 4.78 is 44.1. The molecule has 9 nitrogen and oxygen atoms in total. The number of nitrogens with zero attached hydrogens (tertiary/aromatic N) is 3. The van der Waals surface area contributed by atoms with Crippen LogP contribution in [0.3, 0.4) is 0 Å². The average molecular weight is 562 g/mol. The lowest BCUT2D eigenvalue weighted by Gasteiger charge is -2.21. The molecule has 0 amide bonds. The number of ether oxygens (including phenoxy) is 1. The third-order valence-corrected chi connectivity index (χ3v) is 7.67. The fourth-order valence-corrected chi connectivity index (χ4v) is 5.71. The first-order valence-electron chi connectivity index (χ1n) is 12.2. The lowest BCUT2D eigenvalue weighted by atomic mass is 10.1. The van der Waals surface area contributed by atoms with Crippen molar-refractivity contribution < 1.29 is 33.2 Å². The van der Waals surface area contributed by atoms with Gasteiger partial charge < -0.3 is 30.7 Å². The van der Waals surface area contributed by atoms with Gasteiger partial charge in [0.15, 0.2) is 11.6 Å². The van der Waals surface area contributed by atoms with Crippen LogP contribution in [0.2, 0.25) is 0 Å². The number of hydrogen-bond donors (Lipinski definition) is 5. The van der Waals surface area contributed by atoms with E-state index in [9.17, 15) is 28.5 Å². The number of rotatable bonds is 9. The summed E-state index contributed by atoms with van der Waals surface area (Å²) in [7, 11) is 0. The van der Waals surface area contributed by atoms with Gasteiger partial charge in [-0.25, -0.2) is 14.4 Å². The summed E-state index contributed by atoms with van der Waals surface area (Å²) in [6, 6.07) is 10.7. The summed E-state index contributed by atoms with van der Waals surface area (Å²) >= 11 is 1.46. The second-order valence-corrected chi connectivity index (χ2v) is 10.3. The summed E-state index contributed by atoms with van der Waals surface area (Å²) in [6.45, 7) is -1.53. The van der Waals surface area contributed by atoms with Crippen molar-refractivity contribution in [2.24, 2.45) is 5.92 Å². The first kappa shape index (κ1) is 27.1. The van der Waals surface area contributed by atoms with Crippen LogP contribution < -0.4 is 15.4 Å². The molecule has 2 aromatic heterocycles. The molecule has 4 aromatic rings. The average Bonchev–Trinajstić information content (AvgIpc) is 3.44. The highest BCUT2D eigenvalue weighted by atomic mass is 32.1. The highest BCUT2D eigenvalue weighted by molar-refractivity contribution is 7.21. The van der Waals surface area contributed by atoms with Crippen molar-refractivity contribution in [3.05, 3.63) is 59.5 Å². The lowest BCUT2D eigenvalue weighted by Crippen LogP contribution is -2.35. The van der Waals surface area contributed by atoms with Crippen LogP contribution >= 0.6 is 11.3 Å². The highest BCUT2D eigenvalue weighted by Gasteiger charge is 2.41. The van der Waals surface area contributed by atoms with Gasteiger partial charge in [0, 0.05) is 19.1 Å². The van der Waals surface area contributed by atoms with Crippen molar-refractivity contribution in [1.29, 1.82) is 0 Å². The maximum atomic E-state index is 14.2. The Morgan fingerprint density at radius 3 is 2.59 bits per heavy atom. The van der Waals surface area contributed by atoms with E-state index in [1.807, 2.05) is 24.3 Å². The molecule has 1 aliphatic rings. The molecule has 1 saturated carbocycles. The molecule has 4 atom stereocenters. The van der Waals surface area contributed by atoms with E-state index in [0.717, 1.165) is 22.3 Å². The van der Waals surface area contributed by atoms with Gasteiger partial charge in [-0.05, 0) is 43.2 Å². The summed E-state index contributed by atoms with van der Waals surface area (Å²) in [5, 5.41) is 37.4. The molecule has 0 saturated heterocycles. The molecule has 1 fully saturated rings. The van der Waals surface area contributed by atoms with Gasteiger partial charge in [0.05, 0.1) is 33.6 Å². The molecule has 13 heteroatoms. The second-order valence-electron chi connectivity index (χ2n) is 9.25. The van der Waals surface area contributed by atoms with E-state index in [4.69, 9.17) is 4.98 Å². The number of benzene rings is 2. The number of halogens is 3. The first-order chi connectivity index (χ1) is 18.7. The molecule has 2 aromatic carbocycles. The smallest absolute Gasteiger partial charge is 0.387 e. The zero-order valence-corrected chi connectivity index (χ0v) is 21.5. The van der Waals surface area contributed by atoms with E-state index in [2.05, 4.69) is 25.3 Å². The summed E-state index contributed by atoms with van der Waals surface area (Å²) in [5.74, 6) is -1.40. The molecule has 0 bridgehead atoms. The van der Waals surface area contributed by atoms with Gasteiger partial charge in [-0.3, -0.25) is 0 Å². The van der Waals surface area contributed by atoms with Crippen molar-refractivity contribution in [1.82, 2.24) is 15.0 Å². The topological polar surface area (TPSA) is 133 Å². The van der Waals surface area contributed by atoms with Crippen molar-refractivity contribution >= 4 is 33.3 Å². The van der Waals surface area contributed by atoms with Gasteiger partial charge >= 0.3 is 6.61 Å². The van der Waals surface area contributed by atoms with Gasteiger partial charge in [0.25, 0.3) is 0 Å². The molecule has 206 valence electrons. The Hall–Kier alpha value is -3.52.